The minimum Gasteiger partial charge on any atom is -0.323 e. The molecule has 0 aromatic heterocycles. The van der Waals surface area contributed by atoms with Gasteiger partial charge in [-0.25, -0.2) is 8.42 Å². The van der Waals surface area contributed by atoms with Gasteiger partial charge in [-0.05, 0) is 30.5 Å². The minimum atomic E-state index is -3.18. The van der Waals surface area contributed by atoms with Crippen LogP contribution in [0.5, 0.6) is 0 Å². The molecule has 0 spiro atoms. The molecule has 0 amide bonds. The Bertz CT molecular complexity index is 566. The molecule has 1 aromatic rings. The number of nitrogens with two attached hydrogens (primary N) is 1. The van der Waals surface area contributed by atoms with Crippen molar-refractivity contribution in [1.29, 1.82) is 5.26 Å². The number of rotatable bonds is 3. The van der Waals surface area contributed by atoms with Crippen molar-refractivity contribution in [3.8, 4) is 6.07 Å². The quantitative estimate of drug-likeness (QED) is 0.878. The van der Waals surface area contributed by atoms with Gasteiger partial charge in [-0.3, -0.25) is 0 Å². The Morgan fingerprint density at radius 3 is 2.24 bits per heavy atom. The molecule has 0 aliphatic heterocycles. The first-order valence-corrected chi connectivity index (χ1v) is 7.25. The topological polar surface area (TPSA) is 83.9 Å². The molecule has 0 radical (unpaired) electrons. The first-order chi connectivity index (χ1) is 7.89. The first-order valence-electron chi connectivity index (χ1n) is 5.36. The van der Waals surface area contributed by atoms with Gasteiger partial charge in [-0.1, -0.05) is 12.1 Å². The van der Waals surface area contributed by atoms with E-state index in [1.165, 1.54) is 18.4 Å². The molecule has 1 unspecified atom stereocenters. The number of benzene rings is 1. The van der Waals surface area contributed by atoms with Gasteiger partial charge >= 0.3 is 0 Å². The maximum atomic E-state index is 11.3. The highest BCUT2D eigenvalue weighted by Crippen LogP contribution is 2.53. The van der Waals surface area contributed by atoms with Crippen LogP contribution in [0.3, 0.4) is 0 Å². The van der Waals surface area contributed by atoms with Crippen LogP contribution in [0.1, 0.15) is 24.4 Å². The molecule has 1 atom stereocenters. The van der Waals surface area contributed by atoms with E-state index in [-0.39, 0.29) is 10.9 Å². The summed E-state index contributed by atoms with van der Waals surface area (Å²) in [6.45, 7) is 0. The van der Waals surface area contributed by atoms with E-state index in [9.17, 15) is 8.42 Å². The van der Waals surface area contributed by atoms with E-state index in [0.717, 1.165) is 18.4 Å². The van der Waals surface area contributed by atoms with Gasteiger partial charge in [0.2, 0.25) is 0 Å². The molecule has 17 heavy (non-hydrogen) atoms. The van der Waals surface area contributed by atoms with Crippen molar-refractivity contribution in [2.24, 2.45) is 11.1 Å². The SMILES string of the molecule is CS(=O)(=O)c1ccc(C(N)C2(C#N)CC2)cc1. The maximum Gasteiger partial charge on any atom is 0.175 e. The average Bonchev–Trinajstić information content (AvgIpc) is 3.08. The summed E-state index contributed by atoms with van der Waals surface area (Å²) in [7, 11) is -3.18. The molecule has 5 heteroatoms. The van der Waals surface area contributed by atoms with Gasteiger partial charge in [0.1, 0.15) is 0 Å². The Morgan fingerprint density at radius 1 is 1.35 bits per heavy atom. The third-order valence-corrected chi connectivity index (χ3v) is 4.40. The molecule has 1 aliphatic carbocycles. The molecule has 0 bridgehead atoms. The molecular weight excluding hydrogens is 236 g/mol. The lowest BCUT2D eigenvalue weighted by molar-refractivity contribution is 0.519. The number of nitriles is 1. The largest absolute Gasteiger partial charge is 0.323 e. The summed E-state index contributed by atoms with van der Waals surface area (Å²) in [5.41, 5.74) is 6.41. The summed E-state index contributed by atoms with van der Waals surface area (Å²) in [6.07, 6.45) is 2.80. The van der Waals surface area contributed by atoms with Crippen LogP contribution in [0, 0.1) is 16.7 Å². The van der Waals surface area contributed by atoms with Crippen molar-refractivity contribution in [2.75, 3.05) is 6.26 Å². The first kappa shape index (κ1) is 12.1. The summed E-state index contributed by atoms with van der Waals surface area (Å²) in [5.74, 6) is 0. The summed E-state index contributed by atoms with van der Waals surface area (Å²) in [6, 6.07) is 8.39. The van der Waals surface area contributed by atoms with Crippen molar-refractivity contribution >= 4 is 9.84 Å². The van der Waals surface area contributed by atoms with Crippen LogP contribution in [-0.4, -0.2) is 14.7 Å². The molecule has 2 N–H and O–H groups in total. The molecule has 1 aromatic carbocycles. The maximum absolute atomic E-state index is 11.3. The zero-order valence-electron chi connectivity index (χ0n) is 9.55. The van der Waals surface area contributed by atoms with Gasteiger partial charge < -0.3 is 5.73 Å². The normalized spacial score (nSPS) is 19.4. The Labute approximate surface area is 101 Å². The van der Waals surface area contributed by atoms with E-state index < -0.39 is 15.3 Å². The average molecular weight is 250 g/mol. The Hall–Kier alpha value is -1.38. The highest BCUT2D eigenvalue weighted by Gasteiger charge is 2.49. The lowest BCUT2D eigenvalue weighted by Gasteiger charge is -2.16. The van der Waals surface area contributed by atoms with Gasteiger partial charge in [-0.2, -0.15) is 5.26 Å². The minimum absolute atomic E-state index is 0.273. The van der Waals surface area contributed by atoms with Gasteiger partial charge in [0.15, 0.2) is 9.84 Å². The molecule has 4 nitrogen and oxygen atoms in total. The second kappa shape index (κ2) is 3.83. The Morgan fingerprint density at radius 2 is 1.88 bits per heavy atom. The summed E-state index contributed by atoms with van der Waals surface area (Å²) in [4.78, 5) is 0.273. The third kappa shape index (κ3) is 2.19. The molecular formula is C12H14N2O2S. The fourth-order valence-electron chi connectivity index (χ4n) is 1.87. The van der Waals surface area contributed by atoms with Crippen LogP contribution < -0.4 is 5.73 Å². The third-order valence-electron chi connectivity index (χ3n) is 3.27. The molecule has 0 saturated heterocycles. The predicted molar refractivity (Wildman–Crippen MR) is 63.8 cm³/mol. The number of sulfone groups is 1. The lowest BCUT2D eigenvalue weighted by Crippen LogP contribution is -2.21. The molecule has 1 saturated carbocycles. The lowest BCUT2D eigenvalue weighted by atomic mass is 9.92. The van der Waals surface area contributed by atoms with Crippen molar-refractivity contribution in [3.63, 3.8) is 0 Å². The van der Waals surface area contributed by atoms with E-state index in [1.54, 1.807) is 12.1 Å². The zero-order chi connectivity index (χ0) is 12.7. The number of nitrogens with zero attached hydrogens (tertiary/aromatic N) is 1. The standard InChI is InChI=1S/C12H14N2O2S/c1-17(15,16)10-4-2-9(3-5-10)11(14)12(8-13)6-7-12/h2-5,11H,6-7,14H2,1H3. The highest BCUT2D eigenvalue weighted by atomic mass is 32.2. The Balaban J connectivity index is 2.28. The number of hydrogen-bond acceptors (Lipinski definition) is 4. The van der Waals surface area contributed by atoms with Crippen LogP contribution in [0.15, 0.2) is 29.2 Å². The summed E-state index contributed by atoms with van der Waals surface area (Å²) < 4.78 is 22.6. The van der Waals surface area contributed by atoms with E-state index >= 15 is 0 Å². The second-order valence-corrected chi connectivity index (χ2v) is 6.60. The smallest absolute Gasteiger partial charge is 0.175 e. The predicted octanol–water partition coefficient (Wildman–Crippen LogP) is 1.39. The van der Waals surface area contributed by atoms with E-state index in [0.29, 0.717) is 0 Å². The van der Waals surface area contributed by atoms with Crippen molar-refractivity contribution < 1.29 is 8.42 Å². The van der Waals surface area contributed by atoms with Crippen molar-refractivity contribution in [1.82, 2.24) is 0 Å². The van der Waals surface area contributed by atoms with Crippen LogP contribution in [-0.2, 0) is 9.84 Å². The van der Waals surface area contributed by atoms with Crippen LogP contribution in [0.4, 0.5) is 0 Å². The fraction of sp³-hybridized carbons (Fsp3) is 0.417. The molecule has 1 fully saturated rings. The Kier molecular flexibility index (Phi) is 2.72. The van der Waals surface area contributed by atoms with Gasteiger partial charge in [0.05, 0.1) is 16.4 Å². The summed E-state index contributed by atoms with van der Waals surface area (Å²) >= 11 is 0. The zero-order valence-corrected chi connectivity index (χ0v) is 10.4. The van der Waals surface area contributed by atoms with E-state index in [4.69, 9.17) is 11.0 Å². The van der Waals surface area contributed by atoms with Crippen molar-refractivity contribution in [2.45, 2.75) is 23.8 Å². The van der Waals surface area contributed by atoms with Crippen LogP contribution in [0.2, 0.25) is 0 Å². The second-order valence-electron chi connectivity index (χ2n) is 4.59. The fourth-order valence-corrected chi connectivity index (χ4v) is 2.50. The number of hydrogen-bond donors (Lipinski definition) is 1. The van der Waals surface area contributed by atoms with E-state index in [1.807, 2.05) is 0 Å². The molecule has 2 rings (SSSR count). The molecule has 0 heterocycles. The monoisotopic (exact) mass is 250 g/mol. The van der Waals surface area contributed by atoms with E-state index in [2.05, 4.69) is 6.07 Å². The molecule has 1 aliphatic rings. The molecule has 90 valence electrons. The van der Waals surface area contributed by atoms with Gasteiger partial charge in [0.25, 0.3) is 0 Å². The van der Waals surface area contributed by atoms with Crippen LogP contribution >= 0.6 is 0 Å². The van der Waals surface area contributed by atoms with Crippen LogP contribution in [0.25, 0.3) is 0 Å². The van der Waals surface area contributed by atoms with Crippen molar-refractivity contribution in [3.05, 3.63) is 29.8 Å². The highest BCUT2D eigenvalue weighted by molar-refractivity contribution is 7.90. The van der Waals surface area contributed by atoms with Gasteiger partial charge in [0, 0.05) is 12.3 Å². The van der Waals surface area contributed by atoms with Gasteiger partial charge in [-0.15, -0.1) is 0 Å². The summed E-state index contributed by atoms with van der Waals surface area (Å²) in [5, 5.41) is 9.05.